The molecule has 2 N–H and O–H groups in total. The molecular formula is C24H35IN4O3. The van der Waals surface area contributed by atoms with Gasteiger partial charge in [0.2, 0.25) is 0 Å². The van der Waals surface area contributed by atoms with Crippen LogP contribution in [0.2, 0.25) is 0 Å². The van der Waals surface area contributed by atoms with Gasteiger partial charge in [-0.1, -0.05) is 29.8 Å². The van der Waals surface area contributed by atoms with Crippen molar-refractivity contribution >= 4 is 35.6 Å². The Labute approximate surface area is 208 Å². The molecule has 0 aliphatic carbocycles. The van der Waals surface area contributed by atoms with E-state index in [4.69, 9.17) is 14.2 Å². The minimum absolute atomic E-state index is 0. The smallest absolute Gasteiger partial charge is 0.195 e. The summed E-state index contributed by atoms with van der Waals surface area (Å²) in [4.78, 5) is 6.87. The van der Waals surface area contributed by atoms with Crippen LogP contribution in [0.15, 0.2) is 47.5 Å². The SMILES string of the molecule is CCOc1cc(NC(=NC)NCC(c2ccc(C)cc2)N2CCOCC2)ccc1OC.I. The van der Waals surface area contributed by atoms with Gasteiger partial charge in [-0.2, -0.15) is 0 Å². The van der Waals surface area contributed by atoms with Crippen LogP contribution in [-0.4, -0.2) is 64.5 Å². The molecule has 1 aliphatic rings. The number of morpholine rings is 1. The van der Waals surface area contributed by atoms with Gasteiger partial charge in [-0.3, -0.25) is 9.89 Å². The van der Waals surface area contributed by atoms with E-state index in [0.29, 0.717) is 24.1 Å². The summed E-state index contributed by atoms with van der Waals surface area (Å²) >= 11 is 0. The van der Waals surface area contributed by atoms with Crippen molar-refractivity contribution in [3.8, 4) is 11.5 Å². The first kappa shape index (κ1) is 26.2. The highest BCUT2D eigenvalue weighted by molar-refractivity contribution is 14.0. The topological polar surface area (TPSA) is 67.4 Å². The minimum Gasteiger partial charge on any atom is -0.493 e. The van der Waals surface area contributed by atoms with E-state index in [-0.39, 0.29) is 30.0 Å². The fourth-order valence-electron chi connectivity index (χ4n) is 3.67. The molecule has 0 spiro atoms. The maximum atomic E-state index is 5.68. The van der Waals surface area contributed by atoms with Crippen LogP contribution in [0.25, 0.3) is 0 Å². The Morgan fingerprint density at radius 3 is 2.47 bits per heavy atom. The highest BCUT2D eigenvalue weighted by atomic mass is 127. The second kappa shape index (κ2) is 13.5. The number of guanidine groups is 1. The van der Waals surface area contributed by atoms with Gasteiger partial charge in [0.05, 0.1) is 33.0 Å². The molecule has 1 saturated heterocycles. The summed E-state index contributed by atoms with van der Waals surface area (Å²) in [5.74, 6) is 2.12. The molecule has 1 atom stereocenters. The predicted molar refractivity (Wildman–Crippen MR) is 141 cm³/mol. The van der Waals surface area contributed by atoms with Crippen molar-refractivity contribution in [2.24, 2.45) is 4.99 Å². The van der Waals surface area contributed by atoms with Gasteiger partial charge in [-0.05, 0) is 31.5 Å². The lowest BCUT2D eigenvalue weighted by molar-refractivity contribution is 0.0170. The van der Waals surface area contributed by atoms with Gasteiger partial charge >= 0.3 is 0 Å². The molecule has 0 saturated carbocycles. The number of ether oxygens (including phenoxy) is 3. The number of halogens is 1. The van der Waals surface area contributed by atoms with Crippen molar-refractivity contribution in [3.63, 3.8) is 0 Å². The summed E-state index contributed by atoms with van der Waals surface area (Å²) in [6.07, 6.45) is 0. The summed E-state index contributed by atoms with van der Waals surface area (Å²) in [6, 6.07) is 14.8. The Balaban J connectivity index is 0.00000363. The van der Waals surface area contributed by atoms with Crippen LogP contribution < -0.4 is 20.1 Å². The van der Waals surface area contributed by atoms with Crippen LogP contribution in [0, 0.1) is 6.92 Å². The zero-order valence-electron chi connectivity index (χ0n) is 19.4. The zero-order valence-corrected chi connectivity index (χ0v) is 21.7. The van der Waals surface area contributed by atoms with Crippen LogP contribution >= 0.6 is 24.0 Å². The van der Waals surface area contributed by atoms with E-state index >= 15 is 0 Å². The zero-order chi connectivity index (χ0) is 22.1. The summed E-state index contributed by atoms with van der Waals surface area (Å²) < 4.78 is 16.6. The van der Waals surface area contributed by atoms with Crippen molar-refractivity contribution in [2.75, 3.05) is 58.9 Å². The maximum Gasteiger partial charge on any atom is 0.195 e. The molecule has 2 aromatic rings. The number of hydrogen-bond donors (Lipinski definition) is 2. The van der Waals surface area contributed by atoms with Crippen molar-refractivity contribution in [1.29, 1.82) is 0 Å². The molecule has 1 unspecified atom stereocenters. The van der Waals surface area contributed by atoms with E-state index in [2.05, 4.69) is 51.7 Å². The third-order valence-corrected chi connectivity index (χ3v) is 5.36. The quantitative estimate of drug-likeness (QED) is 0.291. The van der Waals surface area contributed by atoms with E-state index in [9.17, 15) is 0 Å². The summed E-state index contributed by atoms with van der Waals surface area (Å²) in [5.41, 5.74) is 3.44. The first-order valence-electron chi connectivity index (χ1n) is 10.8. The lowest BCUT2D eigenvalue weighted by Gasteiger charge is -2.35. The average Bonchev–Trinajstić information content (AvgIpc) is 2.80. The van der Waals surface area contributed by atoms with E-state index in [1.807, 2.05) is 25.1 Å². The molecule has 7 nitrogen and oxygen atoms in total. The summed E-state index contributed by atoms with van der Waals surface area (Å²) in [5, 5.41) is 6.85. The molecular weight excluding hydrogens is 519 g/mol. The van der Waals surface area contributed by atoms with Gasteiger partial charge < -0.3 is 24.8 Å². The van der Waals surface area contributed by atoms with Gasteiger partial charge in [0.15, 0.2) is 17.5 Å². The summed E-state index contributed by atoms with van der Waals surface area (Å²) in [7, 11) is 3.42. The number of benzene rings is 2. The monoisotopic (exact) mass is 554 g/mol. The van der Waals surface area contributed by atoms with Crippen LogP contribution in [0.1, 0.15) is 24.1 Å². The van der Waals surface area contributed by atoms with Gasteiger partial charge in [-0.15, -0.1) is 24.0 Å². The molecule has 1 fully saturated rings. The highest BCUT2D eigenvalue weighted by Gasteiger charge is 2.23. The van der Waals surface area contributed by atoms with Crippen molar-refractivity contribution in [2.45, 2.75) is 19.9 Å². The number of anilines is 1. The molecule has 1 heterocycles. The second-order valence-electron chi connectivity index (χ2n) is 7.45. The van der Waals surface area contributed by atoms with E-state index in [1.165, 1.54) is 11.1 Å². The van der Waals surface area contributed by atoms with Crippen molar-refractivity contribution in [3.05, 3.63) is 53.6 Å². The number of aliphatic imine (C=N–C) groups is 1. The molecule has 3 rings (SSSR count). The number of hydrogen-bond acceptors (Lipinski definition) is 5. The highest BCUT2D eigenvalue weighted by Crippen LogP contribution is 2.30. The van der Waals surface area contributed by atoms with Gasteiger partial charge in [0, 0.05) is 38.4 Å². The van der Waals surface area contributed by atoms with Crippen LogP contribution in [-0.2, 0) is 4.74 Å². The molecule has 2 aromatic carbocycles. The Kier molecular flexibility index (Phi) is 11.1. The first-order chi connectivity index (χ1) is 15.1. The van der Waals surface area contributed by atoms with Gasteiger partial charge in [-0.25, -0.2) is 0 Å². The van der Waals surface area contributed by atoms with Crippen molar-refractivity contribution < 1.29 is 14.2 Å². The molecule has 0 amide bonds. The standard InChI is InChI=1S/C24H34N4O3.HI/c1-5-31-23-16-20(10-11-22(23)29-4)27-24(25-3)26-17-21(28-12-14-30-15-13-28)19-8-6-18(2)7-9-19;/h6-11,16,21H,5,12-15,17H2,1-4H3,(H2,25,26,27);1H. The third-order valence-electron chi connectivity index (χ3n) is 5.36. The van der Waals surface area contributed by atoms with Crippen molar-refractivity contribution in [1.82, 2.24) is 10.2 Å². The lowest BCUT2D eigenvalue weighted by atomic mass is 10.0. The van der Waals surface area contributed by atoms with Gasteiger partial charge in [0.25, 0.3) is 0 Å². The van der Waals surface area contributed by atoms with E-state index < -0.39 is 0 Å². The Hall–Kier alpha value is -2.04. The van der Waals surface area contributed by atoms with E-state index in [1.54, 1.807) is 14.2 Å². The van der Waals surface area contributed by atoms with E-state index in [0.717, 1.165) is 38.5 Å². The van der Waals surface area contributed by atoms with Gasteiger partial charge in [0.1, 0.15) is 0 Å². The normalized spacial score (nSPS) is 15.4. The fraction of sp³-hybridized carbons (Fsp3) is 0.458. The van der Waals surface area contributed by atoms with Crippen LogP contribution in [0.3, 0.4) is 0 Å². The Bertz CT molecular complexity index is 855. The summed E-state index contributed by atoms with van der Waals surface area (Å²) in [6.45, 7) is 8.75. The lowest BCUT2D eigenvalue weighted by Crippen LogP contribution is -2.44. The number of methoxy groups -OCH3 is 1. The third kappa shape index (κ3) is 7.25. The number of aryl methyl sites for hydroxylation is 1. The molecule has 0 aromatic heterocycles. The number of nitrogens with one attached hydrogen (secondary N) is 2. The van der Waals surface area contributed by atoms with Crippen LogP contribution in [0.5, 0.6) is 11.5 Å². The first-order valence-corrected chi connectivity index (χ1v) is 10.8. The molecule has 1 aliphatic heterocycles. The minimum atomic E-state index is 0. The molecule has 0 bridgehead atoms. The largest absolute Gasteiger partial charge is 0.493 e. The second-order valence-corrected chi connectivity index (χ2v) is 7.45. The number of nitrogens with zero attached hydrogens (tertiary/aromatic N) is 2. The predicted octanol–water partition coefficient (Wildman–Crippen LogP) is 4.08. The average molecular weight is 554 g/mol. The number of rotatable bonds is 8. The molecule has 0 radical (unpaired) electrons. The fourth-order valence-corrected chi connectivity index (χ4v) is 3.67. The molecule has 32 heavy (non-hydrogen) atoms. The maximum absolute atomic E-state index is 5.68. The molecule has 176 valence electrons. The molecule has 8 heteroatoms. The Morgan fingerprint density at radius 1 is 1.12 bits per heavy atom. The van der Waals surface area contributed by atoms with Crippen LogP contribution in [0.4, 0.5) is 5.69 Å². The Morgan fingerprint density at radius 2 is 1.84 bits per heavy atom.